The lowest BCUT2D eigenvalue weighted by Crippen LogP contribution is -2.29. The summed E-state index contributed by atoms with van der Waals surface area (Å²) in [6.45, 7) is 4.88. The second-order valence-corrected chi connectivity index (χ2v) is 8.96. The smallest absolute Gasteiger partial charge is 0.300 e. The Balaban J connectivity index is 1.88. The monoisotopic (exact) mass is 500 g/mol. The van der Waals surface area contributed by atoms with E-state index in [1.807, 2.05) is 57.1 Å². The Morgan fingerprint density at radius 3 is 2.24 bits per heavy atom. The molecule has 0 spiro atoms. The van der Waals surface area contributed by atoms with Crippen molar-refractivity contribution in [2.45, 2.75) is 26.3 Å². The average Bonchev–Trinajstić information content (AvgIpc) is 3.17. The summed E-state index contributed by atoms with van der Waals surface area (Å²) in [7, 11) is 3.88. The van der Waals surface area contributed by atoms with Gasteiger partial charge < -0.3 is 19.5 Å². The molecule has 1 atom stereocenters. The van der Waals surface area contributed by atoms with Gasteiger partial charge in [0.05, 0.1) is 24.8 Å². The number of carbonyl (C=O) groups is 2. The van der Waals surface area contributed by atoms with E-state index < -0.39 is 17.7 Å². The van der Waals surface area contributed by atoms with Crippen LogP contribution in [0, 0.1) is 0 Å². The standard InChI is InChI=1S/C30H32N2O5/c1-5-17-37-24-11-7-9-21(18-24)28(33)26-27(20-13-15-22(16-14-20)31(3)4)32(30(35)29(26)34)23-10-8-12-25(19-23)36-6-2/h7-16,18-19,27,33H,5-6,17H2,1-4H3/b28-26+. The van der Waals surface area contributed by atoms with Crippen molar-refractivity contribution in [1.29, 1.82) is 0 Å². The van der Waals surface area contributed by atoms with Crippen molar-refractivity contribution in [2.75, 3.05) is 37.1 Å². The lowest BCUT2D eigenvalue weighted by molar-refractivity contribution is -0.132. The summed E-state index contributed by atoms with van der Waals surface area (Å²) >= 11 is 0. The molecule has 1 amide bonds. The Labute approximate surface area is 217 Å². The Kier molecular flexibility index (Phi) is 7.82. The van der Waals surface area contributed by atoms with Crippen LogP contribution in [-0.4, -0.2) is 44.1 Å². The van der Waals surface area contributed by atoms with Crippen molar-refractivity contribution in [1.82, 2.24) is 0 Å². The van der Waals surface area contributed by atoms with Crippen LogP contribution in [0.4, 0.5) is 11.4 Å². The van der Waals surface area contributed by atoms with Crippen LogP contribution in [0.2, 0.25) is 0 Å². The molecule has 3 aromatic carbocycles. The van der Waals surface area contributed by atoms with Crippen LogP contribution in [-0.2, 0) is 9.59 Å². The van der Waals surface area contributed by atoms with Gasteiger partial charge in [0, 0.05) is 37.1 Å². The van der Waals surface area contributed by atoms with E-state index in [1.165, 1.54) is 4.90 Å². The molecule has 1 aliphatic rings. The van der Waals surface area contributed by atoms with Crippen molar-refractivity contribution in [3.05, 3.63) is 89.5 Å². The molecular formula is C30H32N2O5. The van der Waals surface area contributed by atoms with Gasteiger partial charge in [-0.1, -0.05) is 37.3 Å². The van der Waals surface area contributed by atoms with Gasteiger partial charge in [0.1, 0.15) is 17.3 Å². The maximum absolute atomic E-state index is 13.5. The Hall–Kier alpha value is -4.26. The van der Waals surface area contributed by atoms with Crippen LogP contribution in [0.25, 0.3) is 5.76 Å². The maximum Gasteiger partial charge on any atom is 0.300 e. The van der Waals surface area contributed by atoms with Gasteiger partial charge in [0.25, 0.3) is 11.7 Å². The average molecular weight is 501 g/mol. The number of ketones is 1. The number of ether oxygens (including phenoxy) is 2. The van der Waals surface area contributed by atoms with Crippen LogP contribution < -0.4 is 19.3 Å². The largest absolute Gasteiger partial charge is 0.507 e. The second-order valence-electron chi connectivity index (χ2n) is 8.96. The quantitative estimate of drug-likeness (QED) is 0.235. The van der Waals surface area contributed by atoms with E-state index in [-0.39, 0.29) is 11.3 Å². The number of benzene rings is 3. The Bertz CT molecular complexity index is 1310. The molecule has 1 unspecified atom stereocenters. The molecular weight excluding hydrogens is 468 g/mol. The van der Waals surface area contributed by atoms with E-state index in [2.05, 4.69) is 0 Å². The van der Waals surface area contributed by atoms with E-state index >= 15 is 0 Å². The van der Waals surface area contributed by atoms with Gasteiger partial charge in [-0.15, -0.1) is 0 Å². The molecule has 0 aromatic heterocycles. The minimum atomic E-state index is -0.826. The van der Waals surface area contributed by atoms with Crippen molar-refractivity contribution < 1.29 is 24.2 Å². The highest BCUT2D eigenvalue weighted by molar-refractivity contribution is 6.51. The number of aliphatic hydroxyl groups excluding tert-OH is 1. The first-order valence-electron chi connectivity index (χ1n) is 12.4. The predicted molar refractivity (Wildman–Crippen MR) is 145 cm³/mol. The Morgan fingerprint density at radius 1 is 0.919 bits per heavy atom. The molecule has 0 aliphatic carbocycles. The first-order valence-corrected chi connectivity index (χ1v) is 12.4. The highest BCUT2D eigenvalue weighted by Crippen LogP contribution is 2.43. The lowest BCUT2D eigenvalue weighted by atomic mass is 9.94. The highest BCUT2D eigenvalue weighted by atomic mass is 16.5. The minimum Gasteiger partial charge on any atom is -0.507 e. The lowest BCUT2D eigenvalue weighted by Gasteiger charge is -2.26. The summed E-state index contributed by atoms with van der Waals surface area (Å²) in [6.07, 6.45) is 0.838. The van der Waals surface area contributed by atoms with Crippen LogP contribution in [0.15, 0.2) is 78.4 Å². The summed E-state index contributed by atoms with van der Waals surface area (Å²) in [4.78, 5) is 30.3. The fourth-order valence-corrected chi connectivity index (χ4v) is 4.37. The molecule has 0 bridgehead atoms. The second kappa shape index (κ2) is 11.2. The fourth-order valence-electron chi connectivity index (χ4n) is 4.37. The number of Topliss-reactive ketones (excluding diaryl/α,β-unsaturated/α-hetero) is 1. The molecule has 37 heavy (non-hydrogen) atoms. The molecule has 7 nitrogen and oxygen atoms in total. The van der Waals surface area contributed by atoms with Gasteiger partial charge >= 0.3 is 0 Å². The van der Waals surface area contributed by atoms with E-state index in [0.717, 1.165) is 12.1 Å². The van der Waals surface area contributed by atoms with Crippen LogP contribution in [0.5, 0.6) is 11.5 Å². The Morgan fingerprint density at radius 2 is 1.59 bits per heavy atom. The number of hydrogen-bond acceptors (Lipinski definition) is 6. The predicted octanol–water partition coefficient (Wildman–Crippen LogP) is 5.57. The topological polar surface area (TPSA) is 79.3 Å². The van der Waals surface area contributed by atoms with Gasteiger partial charge in [0.2, 0.25) is 0 Å². The number of rotatable bonds is 9. The van der Waals surface area contributed by atoms with Crippen molar-refractivity contribution >= 4 is 28.8 Å². The molecule has 7 heteroatoms. The number of amides is 1. The third-order valence-corrected chi connectivity index (χ3v) is 6.16. The minimum absolute atomic E-state index is 0.0251. The number of nitrogens with zero attached hydrogens (tertiary/aromatic N) is 2. The van der Waals surface area contributed by atoms with E-state index in [1.54, 1.807) is 48.5 Å². The molecule has 1 fully saturated rings. The molecule has 3 aromatic rings. The zero-order chi connectivity index (χ0) is 26.5. The first kappa shape index (κ1) is 25.8. The molecule has 4 rings (SSSR count). The molecule has 1 saturated heterocycles. The number of aliphatic hydroxyl groups is 1. The van der Waals surface area contributed by atoms with E-state index in [9.17, 15) is 14.7 Å². The van der Waals surface area contributed by atoms with Gasteiger partial charge in [-0.2, -0.15) is 0 Å². The zero-order valence-electron chi connectivity index (χ0n) is 21.6. The molecule has 1 aliphatic heterocycles. The summed E-state index contributed by atoms with van der Waals surface area (Å²) in [6, 6.07) is 20.8. The normalized spacial score (nSPS) is 16.6. The molecule has 0 saturated carbocycles. The molecule has 1 heterocycles. The fraction of sp³-hybridized carbons (Fsp3) is 0.267. The van der Waals surface area contributed by atoms with Gasteiger partial charge in [-0.3, -0.25) is 14.5 Å². The van der Waals surface area contributed by atoms with Crippen molar-refractivity contribution in [3.8, 4) is 11.5 Å². The van der Waals surface area contributed by atoms with E-state index in [4.69, 9.17) is 9.47 Å². The number of carbonyl (C=O) groups excluding carboxylic acids is 2. The van der Waals surface area contributed by atoms with Gasteiger partial charge in [-0.05, 0) is 55.3 Å². The molecule has 0 radical (unpaired) electrons. The third-order valence-electron chi connectivity index (χ3n) is 6.16. The van der Waals surface area contributed by atoms with Crippen molar-refractivity contribution in [3.63, 3.8) is 0 Å². The molecule has 1 N–H and O–H groups in total. The third kappa shape index (κ3) is 5.31. The SMILES string of the molecule is CCCOc1cccc(/C(O)=C2\C(=O)C(=O)N(c3cccc(OCC)c3)C2c2ccc(N(C)C)cc2)c1. The van der Waals surface area contributed by atoms with Crippen molar-refractivity contribution in [2.24, 2.45) is 0 Å². The van der Waals surface area contributed by atoms with Crippen LogP contribution >= 0.6 is 0 Å². The summed E-state index contributed by atoms with van der Waals surface area (Å²) in [5.74, 6) is -0.539. The summed E-state index contributed by atoms with van der Waals surface area (Å²) < 4.78 is 11.4. The van der Waals surface area contributed by atoms with Gasteiger partial charge in [0.15, 0.2) is 0 Å². The molecule has 192 valence electrons. The van der Waals surface area contributed by atoms with Crippen LogP contribution in [0.3, 0.4) is 0 Å². The number of hydrogen-bond donors (Lipinski definition) is 1. The van der Waals surface area contributed by atoms with E-state index in [0.29, 0.717) is 41.5 Å². The summed E-state index contributed by atoms with van der Waals surface area (Å²) in [5, 5.41) is 11.4. The summed E-state index contributed by atoms with van der Waals surface area (Å²) in [5.41, 5.74) is 2.61. The first-order chi connectivity index (χ1) is 17.8. The highest BCUT2D eigenvalue weighted by Gasteiger charge is 2.47. The van der Waals surface area contributed by atoms with Crippen LogP contribution in [0.1, 0.15) is 37.4 Å². The van der Waals surface area contributed by atoms with Gasteiger partial charge in [-0.25, -0.2) is 0 Å². The zero-order valence-corrected chi connectivity index (χ0v) is 21.6. The number of anilines is 2. The maximum atomic E-state index is 13.5.